The van der Waals surface area contributed by atoms with E-state index in [4.69, 9.17) is 4.74 Å². The average Bonchev–Trinajstić information content (AvgIpc) is 2.86. The quantitative estimate of drug-likeness (QED) is 0.858. The van der Waals surface area contributed by atoms with Crippen LogP contribution in [0.25, 0.3) is 0 Å². The second kappa shape index (κ2) is 6.92. The van der Waals surface area contributed by atoms with E-state index in [2.05, 4.69) is 22.4 Å². The van der Waals surface area contributed by atoms with Crippen molar-refractivity contribution in [3.05, 3.63) is 41.6 Å². The zero-order valence-electron chi connectivity index (χ0n) is 12.6. The molecule has 21 heavy (non-hydrogen) atoms. The highest BCUT2D eigenvalue weighted by Crippen LogP contribution is 2.15. The summed E-state index contributed by atoms with van der Waals surface area (Å²) in [4.78, 5) is 12.1. The number of benzene rings is 1. The number of hydrogen-bond donors (Lipinski definition) is 2. The predicted octanol–water partition coefficient (Wildman–Crippen LogP) is 3.08. The monoisotopic (exact) mass is 287 g/mol. The van der Waals surface area contributed by atoms with Crippen LogP contribution in [0.3, 0.4) is 0 Å². The minimum absolute atomic E-state index is 0.217. The lowest BCUT2D eigenvalue weighted by Gasteiger charge is -2.14. The van der Waals surface area contributed by atoms with Crippen LogP contribution in [0.5, 0.6) is 5.75 Å². The molecule has 2 aromatic rings. The molecule has 0 radical (unpaired) electrons. The molecule has 0 aliphatic heterocycles. The van der Waals surface area contributed by atoms with Crippen molar-refractivity contribution in [1.82, 2.24) is 10.2 Å². The van der Waals surface area contributed by atoms with Gasteiger partial charge in [-0.25, -0.2) is 0 Å². The lowest BCUT2D eigenvalue weighted by atomic mass is 10.2. The highest BCUT2D eigenvalue weighted by molar-refractivity contribution is 5.93. The summed E-state index contributed by atoms with van der Waals surface area (Å²) in [5, 5.41) is 9.72. The largest absolute Gasteiger partial charge is 0.481 e. The van der Waals surface area contributed by atoms with Crippen molar-refractivity contribution in [2.24, 2.45) is 0 Å². The van der Waals surface area contributed by atoms with Crippen molar-refractivity contribution in [2.75, 3.05) is 5.32 Å². The lowest BCUT2D eigenvalue weighted by molar-refractivity contribution is -0.122. The summed E-state index contributed by atoms with van der Waals surface area (Å²) < 4.78 is 5.63. The number of hydrogen-bond acceptors (Lipinski definition) is 3. The first kappa shape index (κ1) is 15.1. The molecule has 1 atom stereocenters. The topological polar surface area (TPSA) is 67.0 Å². The molecule has 0 aliphatic rings. The van der Waals surface area contributed by atoms with E-state index in [0.29, 0.717) is 11.6 Å². The maximum absolute atomic E-state index is 12.1. The number of anilines is 1. The van der Waals surface area contributed by atoms with Crippen molar-refractivity contribution in [1.29, 1.82) is 0 Å². The molecule has 2 N–H and O–H groups in total. The molecule has 0 saturated heterocycles. The fourth-order valence-electron chi connectivity index (χ4n) is 2.00. The number of aryl methyl sites for hydroxylation is 2. The van der Waals surface area contributed by atoms with Crippen molar-refractivity contribution in [3.63, 3.8) is 0 Å². The van der Waals surface area contributed by atoms with E-state index >= 15 is 0 Å². The van der Waals surface area contributed by atoms with Gasteiger partial charge < -0.3 is 10.1 Å². The van der Waals surface area contributed by atoms with E-state index in [1.807, 2.05) is 37.3 Å². The van der Waals surface area contributed by atoms with E-state index in [9.17, 15) is 4.79 Å². The van der Waals surface area contributed by atoms with Crippen LogP contribution in [0, 0.1) is 6.92 Å². The number of rotatable bonds is 6. The van der Waals surface area contributed by atoms with Crippen LogP contribution in [0.2, 0.25) is 0 Å². The van der Waals surface area contributed by atoms with Gasteiger partial charge in [-0.1, -0.05) is 25.5 Å². The van der Waals surface area contributed by atoms with Gasteiger partial charge in [-0.3, -0.25) is 9.89 Å². The van der Waals surface area contributed by atoms with E-state index in [1.54, 1.807) is 6.92 Å². The van der Waals surface area contributed by atoms with Gasteiger partial charge in [0.2, 0.25) is 0 Å². The zero-order valence-corrected chi connectivity index (χ0v) is 12.6. The number of aromatic amines is 1. The zero-order chi connectivity index (χ0) is 15.2. The Labute approximate surface area is 124 Å². The van der Waals surface area contributed by atoms with Gasteiger partial charge in [-0.15, -0.1) is 0 Å². The smallest absolute Gasteiger partial charge is 0.266 e. The molecule has 112 valence electrons. The van der Waals surface area contributed by atoms with Crippen molar-refractivity contribution in [2.45, 2.75) is 39.7 Å². The van der Waals surface area contributed by atoms with Gasteiger partial charge in [0.15, 0.2) is 11.9 Å². The second-order valence-corrected chi connectivity index (χ2v) is 5.09. The molecule has 1 unspecified atom stereocenters. The van der Waals surface area contributed by atoms with Crippen molar-refractivity contribution < 1.29 is 9.53 Å². The first-order valence-corrected chi connectivity index (χ1v) is 7.17. The maximum atomic E-state index is 12.1. The Hall–Kier alpha value is -2.30. The molecule has 5 heteroatoms. The molecule has 1 aromatic carbocycles. The van der Waals surface area contributed by atoms with Crippen LogP contribution in [-0.4, -0.2) is 22.2 Å². The number of amides is 1. The second-order valence-electron chi connectivity index (χ2n) is 5.09. The average molecular weight is 287 g/mol. The Balaban J connectivity index is 1.92. The molecule has 1 aromatic heterocycles. The molecule has 1 amide bonds. The van der Waals surface area contributed by atoms with Gasteiger partial charge in [0, 0.05) is 11.8 Å². The number of nitrogens with one attached hydrogen (secondary N) is 2. The van der Waals surface area contributed by atoms with Crippen molar-refractivity contribution >= 4 is 11.7 Å². The molecular formula is C16H21N3O2. The predicted molar refractivity (Wildman–Crippen MR) is 82.5 cm³/mol. The Morgan fingerprint density at radius 3 is 2.95 bits per heavy atom. The number of carbonyl (C=O) groups is 1. The van der Waals surface area contributed by atoms with E-state index in [-0.39, 0.29) is 5.91 Å². The molecule has 0 saturated carbocycles. The first-order chi connectivity index (χ1) is 10.1. The standard InChI is InChI=1S/C16H21N3O2/c1-4-6-13-10-15(19-18-13)17-16(20)12(3)21-14-8-5-7-11(2)9-14/h5,7-10,12H,4,6H2,1-3H3,(H2,17,18,19,20). The Bertz CT molecular complexity index is 607. The number of H-pyrrole nitrogens is 1. The molecule has 2 rings (SSSR count). The molecule has 1 heterocycles. The van der Waals surface area contributed by atoms with Gasteiger partial charge in [-0.05, 0) is 38.0 Å². The first-order valence-electron chi connectivity index (χ1n) is 7.17. The van der Waals surface area contributed by atoms with Crippen LogP contribution in [0.4, 0.5) is 5.82 Å². The Morgan fingerprint density at radius 2 is 2.24 bits per heavy atom. The molecule has 0 bridgehead atoms. The van der Waals surface area contributed by atoms with Crippen LogP contribution >= 0.6 is 0 Å². The van der Waals surface area contributed by atoms with Gasteiger partial charge >= 0.3 is 0 Å². The summed E-state index contributed by atoms with van der Waals surface area (Å²) in [7, 11) is 0. The van der Waals surface area contributed by atoms with Gasteiger partial charge in [0.05, 0.1) is 0 Å². The number of ether oxygens (including phenoxy) is 1. The minimum Gasteiger partial charge on any atom is -0.481 e. The van der Waals surface area contributed by atoms with Crippen LogP contribution < -0.4 is 10.1 Å². The minimum atomic E-state index is -0.585. The molecule has 0 spiro atoms. The molecule has 0 fully saturated rings. The highest BCUT2D eigenvalue weighted by atomic mass is 16.5. The van der Waals surface area contributed by atoms with Crippen LogP contribution in [0.15, 0.2) is 30.3 Å². The molecule has 5 nitrogen and oxygen atoms in total. The highest BCUT2D eigenvalue weighted by Gasteiger charge is 2.16. The third kappa shape index (κ3) is 4.34. The number of aromatic nitrogens is 2. The normalized spacial score (nSPS) is 12.0. The van der Waals surface area contributed by atoms with Gasteiger partial charge in [-0.2, -0.15) is 5.10 Å². The molecule has 0 aliphatic carbocycles. The van der Waals surface area contributed by atoms with Gasteiger partial charge in [0.25, 0.3) is 5.91 Å². The van der Waals surface area contributed by atoms with E-state index in [1.165, 1.54) is 0 Å². The van der Waals surface area contributed by atoms with E-state index < -0.39 is 6.10 Å². The number of nitrogens with zero attached hydrogens (tertiary/aromatic N) is 1. The third-order valence-corrected chi connectivity index (χ3v) is 3.07. The molecular weight excluding hydrogens is 266 g/mol. The Morgan fingerprint density at radius 1 is 1.43 bits per heavy atom. The lowest BCUT2D eigenvalue weighted by Crippen LogP contribution is -2.30. The third-order valence-electron chi connectivity index (χ3n) is 3.07. The maximum Gasteiger partial charge on any atom is 0.266 e. The Kier molecular flexibility index (Phi) is 4.98. The summed E-state index contributed by atoms with van der Waals surface area (Å²) in [5.41, 5.74) is 2.11. The summed E-state index contributed by atoms with van der Waals surface area (Å²) >= 11 is 0. The van der Waals surface area contributed by atoms with Gasteiger partial charge in [0.1, 0.15) is 5.75 Å². The summed E-state index contributed by atoms with van der Waals surface area (Å²) in [5.74, 6) is 1.00. The fourth-order valence-corrected chi connectivity index (χ4v) is 2.00. The summed E-state index contributed by atoms with van der Waals surface area (Å²) in [6.45, 7) is 5.80. The fraction of sp³-hybridized carbons (Fsp3) is 0.375. The van der Waals surface area contributed by atoms with Crippen LogP contribution in [0.1, 0.15) is 31.5 Å². The van der Waals surface area contributed by atoms with Crippen LogP contribution in [-0.2, 0) is 11.2 Å². The number of carbonyl (C=O) groups excluding carboxylic acids is 1. The summed E-state index contributed by atoms with van der Waals surface area (Å²) in [6.07, 6.45) is 1.36. The van der Waals surface area contributed by atoms with E-state index in [0.717, 1.165) is 24.1 Å². The SMILES string of the molecule is CCCc1cc(NC(=O)C(C)Oc2cccc(C)c2)n[nH]1. The van der Waals surface area contributed by atoms with Crippen molar-refractivity contribution in [3.8, 4) is 5.75 Å². The summed E-state index contributed by atoms with van der Waals surface area (Å²) in [6, 6.07) is 9.47.